The molecule has 2 aromatic rings. The first-order chi connectivity index (χ1) is 12.8. The van der Waals surface area contributed by atoms with Crippen molar-refractivity contribution < 1.29 is 32.4 Å². The highest BCUT2D eigenvalue weighted by Crippen LogP contribution is 2.25. The summed E-state index contributed by atoms with van der Waals surface area (Å²) in [5.41, 5.74) is -0.929. The number of amides is 2. The van der Waals surface area contributed by atoms with Crippen LogP contribution in [0.3, 0.4) is 0 Å². The number of nitro benzene ring substituents is 1. The molecule has 0 aromatic heterocycles. The van der Waals surface area contributed by atoms with Gasteiger partial charge in [-0.25, -0.2) is 13.2 Å². The lowest BCUT2D eigenvalue weighted by atomic mass is 10.2. The summed E-state index contributed by atoms with van der Waals surface area (Å²) in [7, 11) is 0. The van der Waals surface area contributed by atoms with Crippen molar-refractivity contribution in [1.29, 1.82) is 0 Å². The standard InChI is InChI=1S/C16H12F3N3O5/c17-9-5-6-10(16(19)15(9)18)21-13(23)7-20-14(24)8-27-12-4-2-1-3-11(12)22(25)26/h1-6H,7-8H2,(H,20,24)(H,21,23). The SMILES string of the molecule is O=C(COc1ccccc1[N+](=O)[O-])NCC(=O)Nc1ccc(F)c(F)c1F. The number of halogens is 3. The normalized spacial score (nSPS) is 10.2. The molecule has 2 rings (SSSR count). The van der Waals surface area contributed by atoms with Crippen LogP contribution < -0.4 is 15.4 Å². The van der Waals surface area contributed by atoms with E-state index in [9.17, 15) is 32.9 Å². The van der Waals surface area contributed by atoms with Crippen LogP contribution >= 0.6 is 0 Å². The molecule has 0 bridgehead atoms. The Balaban J connectivity index is 1.85. The monoisotopic (exact) mass is 383 g/mol. The number of ether oxygens (including phenoxy) is 1. The van der Waals surface area contributed by atoms with E-state index in [1.165, 1.54) is 24.3 Å². The van der Waals surface area contributed by atoms with E-state index in [0.717, 1.165) is 6.07 Å². The number of hydrogen-bond acceptors (Lipinski definition) is 5. The van der Waals surface area contributed by atoms with Gasteiger partial charge < -0.3 is 15.4 Å². The fourth-order valence-electron chi connectivity index (χ4n) is 1.92. The van der Waals surface area contributed by atoms with Crippen molar-refractivity contribution in [2.75, 3.05) is 18.5 Å². The van der Waals surface area contributed by atoms with Gasteiger partial charge in [-0.1, -0.05) is 12.1 Å². The second-order valence-electron chi connectivity index (χ2n) is 5.06. The number of nitro groups is 1. The first-order valence-corrected chi connectivity index (χ1v) is 7.36. The maximum Gasteiger partial charge on any atom is 0.310 e. The van der Waals surface area contributed by atoms with E-state index in [1.807, 2.05) is 5.32 Å². The third-order valence-corrected chi connectivity index (χ3v) is 3.18. The molecule has 2 aromatic carbocycles. The second kappa shape index (κ2) is 8.65. The average Bonchev–Trinajstić information content (AvgIpc) is 2.65. The van der Waals surface area contributed by atoms with Crippen LogP contribution in [0, 0.1) is 27.6 Å². The van der Waals surface area contributed by atoms with Crippen molar-refractivity contribution in [1.82, 2.24) is 5.32 Å². The van der Waals surface area contributed by atoms with Crippen molar-refractivity contribution in [3.63, 3.8) is 0 Å². The Morgan fingerprint density at radius 1 is 1.04 bits per heavy atom. The number of hydrogen-bond donors (Lipinski definition) is 2. The second-order valence-corrected chi connectivity index (χ2v) is 5.06. The zero-order chi connectivity index (χ0) is 20.0. The van der Waals surface area contributed by atoms with E-state index in [2.05, 4.69) is 5.32 Å². The summed E-state index contributed by atoms with van der Waals surface area (Å²) in [6.45, 7) is -1.23. The van der Waals surface area contributed by atoms with Crippen molar-refractivity contribution >= 4 is 23.2 Å². The molecule has 0 aliphatic heterocycles. The third-order valence-electron chi connectivity index (χ3n) is 3.18. The number of nitrogens with one attached hydrogen (secondary N) is 2. The molecule has 0 radical (unpaired) electrons. The summed E-state index contributed by atoms with van der Waals surface area (Å²) in [4.78, 5) is 33.4. The first-order valence-electron chi connectivity index (χ1n) is 7.36. The van der Waals surface area contributed by atoms with Gasteiger partial charge >= 0.3 is 5.69 Å². The molecular weight excluding hydrogens is 371 g/mol. The van der Waals surface area contributed by atoms with Gasteiger partial charge in [0.15, 0.2) is 29.8 Å². The topological polar surface area (TPSA) is 111 Å². The lowest BCUT2D eigenvalue weighted by molar-refractivity contribution is -0.385. The highest BCUT2D eigenvalue weighted by molar-refractivity contribution is 5.94. The Hall–Kier alpha value is -3.63. The summed E-state index contributed by atoms with van der Waals surface area (Å²) in [6, 6.07) is 6.84. The Bertz CT molecular complexity index is 892. The smallest absolute Gasteiger partial charge is 0.310 e. The van der Waals surface area contributed by atoms with E-state index in [4.69, 9.17) is 4.74 Å². The number of carbonyl (C=O) groups is 2. The van der Waals surface area contributed by atoms with E-state index < -0.39 is 53.0 Å². The van der Waals surface area contributed by atoms with Crippen molar-refractivity contribution in [2.24, 2.45) is 0 Å². The number of carbonyl (C=O) groups excluding carboxylic acids is 2. The van der Waals surface area contributed by atoms with Crippen LogP contribution in [0.5, 0.6) is 5.75 Å². The summed E-state index contributed by atoms with van der Waals surface area (Å²) in [6.07, 6.45) is 0. The lowest BCUT2D eigenvalue weighted by Crippen LogP contribution is -2.36. The predicted molar refractivity (Wildman–Crippen MR) is 86.5 cm³/mol. The minimum atomic E-state index is -1.74. The van der Waals surface area contributed by atoms with Crippen LogP contribution in [0.25, 0.3) is 0 Å². The molecule has 0 saturated carbocycles. The van der Waals surface area contributed by atoms with Crippen molar-refractivity contribution in [3.8, 4) is 5.75 Å². The molecule has 0 saturated heterocycles. The van der Waals surface area contributed by atoms with Crippen LogP contribution in [0.4, 0.5) is 24.5 Å². The Morgan fingerprint density at radius 3 is 2.44 bits per heavy atom. The van der Waals surface area contributed by atoms with Gasteiger partial charge in [-0.05, 0) is 18.2 Å². The summed E-state index contributed by atoms with van der Waals surface area (Å²) in [5, 5.41) is 14.9. The number of anilines is 1. The van der Waals surface area contributed by atoms with Gasteiger partial charge in [-0.3, -0.25) is 19.7 Å². The molecule has 0 heterocycles. The molecule has 0 spiro atoms. The van der Waals surface area contributed by atoms with E-state index in [0.29, 0.717) is 6.07 Å². The molecule has 0 unspecified atom stereocenters. The number of para-hydroxylation sites is 2. The van der Waals surface area contributed by atoms with Gasteiger partial charge in [0.25, 0.3) is 5.91 Å². The quantitative estimate of drug-likeness (QED) is 0.432. The lowest BCUT2D eigenvalue weighted by Gasteiger charge is -2.09. The molecular formula is C16H12F3N3O5. The Kier molecular flexibility index (Phi) is 6.31. The van der Waals surface area contributed by atoms with Gasteiger partial charge in [0.2, 0.25) is 5.91 Å². The molecule has 8 nitrogen and oxygen atoms in total. The highest BCUT2D eigenvalue weighted by atomic mass is 19.2. The number of rotatable bonds is 7. The minimum Gasteiger partial charge on any atom is -0.477 e. The minimum absolute atomic E-state index is 0.133. The number of benzene rings is 2. The van der Waals surface area contributed by atoms with E-state index >= 15 is 0 Å². The summed E-state index contributed by atoms with van der Waals surface area (Å²) in [5.74, 6) is -6.55. The Labute approximate surface area is 150 Å². The molecule has 0 atom stereocenters. The van der Waals surface area contributed by atoms with E-state index in [1.54, 1.807) is 0 Å². The Morgan fingerprint density at radius 2 is 1.74 bits per heavy atom. The van der Waals surface area contributed by atoms with Gasteiger partial charge in [0.1, 0.15) is 0 Å². The van der Waals surface area contributed by atoms with Crippen LogP contribution in [0.15, 0.2) is 36.4 Å². The fraction of sp³-hybridized carbons (Fsp3) is 0.125. The van der Waals surface area contributed by atoms with Crippen LogP contribution in [0.1, 0.15) is 0 Å². The van der Waals surface area contributed by atoms with Gasteiger partial charge in [0, 0.05) is 6.07 Å². The van der Waals surface area contributed by atoms with E-state index in [-0.39, 0.29) is 11.4 Å². The van der Waals surface area contributed by atoms with Crippen molar-refractivity contribution in [2.45, 2.75) is 0 Å². The molecule has 2 N–H and O–H groups in total. The molecule has 0 aliphatic carbocycles. The predicted octanol–water partition coefficient (Wildman–Crippen LogP) is 2.15. The first kappa shape index (κ1) is 19.7. The molecule has 27 heavy (non-hydrogen) atoms. The maximum atomic E-state index is 13.4. The van der Waals surface area contributed by atoms with Gasteiger partial charge in [-0.15, -0.1) is 0 Å². The zero-order valence-electron chi connectivity index (χ0n) is 13.5. The van der Waals surface area contributed by atoms with Gasteiger partial charge in [0.05, 0.1) is 17.2 Å². The molecule has 2 amide bonds. The highest BCUT2D eigenvalue weighted by Gasteiger charge is 2.17. The average molecular weight is 383 g/mol. The zero-order valence-corrected chi connectivity index (χ0v) is 13.5. The maximum absolute atomic E-state index is 13.4. The summed E-state index contributed by atoms with van der Waals surface area (Å²) < 4.78 is 44.3. The van der Waals surface area contributed by atoms with Gasteiger partial charge in [-0.2, -0.15) is 0 Å². The molecule has 0 fully saturated rings. The summed E-state index contributed by atoms with van der Waals surface area (Å²) >= 11 is 0. The van der Waals surface area contributed by atoms with Crippen molar-refractivity contribution in [3.05, 3.63) is 64.0 Å². The molecule has 0 aliphatic rings. The molecule has 142 valence electrons. The van der Waals surface area contributed by atoms with Crippen LogP contribution in [-0.4, -0.2) is 29.9 Å². The number of nitrogens with zero attached hydrogens (tertiary/aromatic N) is 1. The third kappa shape index (κ3) is 5.17. The molecule has 11 heteroatoms. The van der Waals surface area contributed by atoms with Crippen LogP contribution in [-0.2, 0) is 9.59 Å². The fourth-order valence-corrected chi connectivity index (χ4v) is 1.92. The van der Waals surface area contributed by atoms with Crippen LogP contribution in [0.2, 0.25) is 0 Å². The largest absolute Gasteiger partial charge is 0.477 e.